The van der Waals surface area contributed by atoms with Crippen LogP contribution < -0.4 is 0 Å². The van der Waals surface area contributed by atoms with Crippen molar-refractivity contribution in [3.05, 3.63) is 46.3 Å². The third kappa shape index (κ3) is 4.79. The Morgan fingerprint density at radius 3 is 2.62 bits per heavy atom. The van der Waals surface area contributed by atoms with Crippen molar-refractivity contribution in [3.63, 3.8) is 0 Å². The average Bonchev–Trinajstić information content (AvgIpc) is 2.25. The number of azide groups is 1. The molecule has 1 aromatic rings. The molecule has 0 atom stereocenters. The third-order valence-corrected chi connectivity index (χ3v) is 2.92. The molecule has 0 saturated heterocycles. The maximum Gasteiger partial charge on any atom is 0.271 e. The molecule has 0 amide bonds. The fourth-order valence-corrected chi connectivity index (χ4v) is 2.08. The van der Waals surface area contributed by atoms with Crippen LogP contribution in [0.15, 0.2) is 35.4 Å². The smallest absolute Gasteiger partial charge is 0.270 e. The van der Waals surface area contributed by atoms with E-state index in [-0.39, 0.29) is 18.9 Å². The van der Waals surface area contributed by atoms with E-state index in [9.17, 15) is 8.42 Å². The van der Waals surface area contributed by atoms with Gasteiger partial charge in [0.25, 0.3) is 10.1 Å². The van der Waals surface area contributed by atoms with Gasteiger partial charge in [-0.05, 0) is 11.1 Å². The van der Waals surface area contributed by atoms with Crippen LogP contribution in [0.2, 0.25) is 0 Å². The van der Waals surface area contributed by atoms with Crippen molar-refractivity contribution in [3.8, 4) is 0 Å². The molecule has 0 N–H and O–H groups in total. The topological polar surface area (TPSA) is 92.1 Å². The Morgan fingerprint density at radius 1 is 1.31 bits per heavy atom. The Morgan fingerprint density at radius 2 is 2.00 bits per heavy atom. The predicted molar refractivity (Wildman–Crippen MR) is 59.0 cm³/mol. The Bertz CT molecular complexity index is 466. The van der Waals surface area contributed by atoms with E-state index in [2.05, 4.69) is 14.2 Å². The molecule has 1 aromatic carbocycles. The van der Waals surface area contributed by atoms with E-state index < -0.39 is 10.1 Å². The quantitative estimate of drug-likeness (QED) is 0.250. The molecule has 0 fully saturated rings. The second kappa shape index (κ2) is 6.12. The summed E-state index contributed by atoms with van der Waals surface area (Å²) in [5.74, 6) is -0.176. The van der Waals surface area contributed by atoms with Crippen molar-refractivity contribution >= 4 is 10.1 Å². The SMILES string of the molecule is [N-]=[N+]=NCCOS(=O)(=O)Cc1ccccc1. The largest absolute Gasteiger partial charge is 0.271 e. The Balaban J connectivity index is 2.49. The Kier molecular flexibility index (Phi) is 4.78. The highest BCUT2D eigenvalue weighted by molar-refractivity contribution is 7.85. The van der Waals surface area contributed by atoms with Gasteiger partial charge in [0.1, 0.15) is 5.75 Å². The van der Waals surface area contributed by atoms with E-state index in [1.807, 2.05) is 0 Å². The zero-order chi connectivity index (χ0) is 11.9. The number of benzene rings is 1. The first-order chi connectivity index (χ1) is 7.64. The fourth-order valence-electron chi connectivity index (χ4n) is 1.07. The molecule has 0 unspecified atom stereocenters. The molecule has 0 aromatic heterocycles. The Hall–Kier alpha value is -1.56. The lowest BCUT2D eigenvalue weighted by Gasteiger charge is -2.03. The van der Waals surface area contributed by atoms with Crippen molar-refractivity contribution in [2.75, 3.05) is 13.2 Å². The highest BCUT2D eigenvalue weighted by Gasteiger charge is 2.11. The van der Waals surface area contributed by atoms with Gasteiger partial charge in [-0.1, -0.05) is 35.4 Å². The lowest BCUT2D eigenvalue weighted by Crippen LogP contribution is -2.11. The number of nitrogens with zero attached hydrogens (tertiary/aromatic N) is 3. The first-order valence-corrected chi connectivity index (χ1v) is 6.14. The molecule has 0 bridgehead atoms. The van der Waals surface area contributed by atoms with Crippen LogP contribution in [0, 0.1) is 0 Å². The van der Waals surface area contributed by atoms with Gasteiger partial charge in [-0.15, -0.1) is 0 Å². The molecule has 0 saturated carbocycles. The molecule has 16 heavy (non-hydrogen) atoms. The summed E-state index contributed by atoms with van der Waals surface area (Å²) in [5.41, 5.74) is 8.64. The Labute approximate surface area is 93.6 Å². The first-order valence-electron chi connectivity index (χ1n) is 4.56. The van der Waals surface area contributed by atoms with Gasteiger partial charge in [-0.3, -0.25) is 4.18 Å². The zero-order valence-electron chi connectivity index (χ0n) is 8.48. The van der Waals surface area contributed by atoms with E-state index in [1.54, 1.807) is 30.3 Å². The van der Waals surface area contributed by atoms with E-state index in [4.69, 9.17) is 5.53 Å². The highest BCUT2D eigenvalue weighted by atomic mass is 32.2. The summed E-state index contributed by atoms with van der Waals surface area (Å²) in [6.07, 6.45) is 0. The van der Waals surface area contributed by atoms with Crippen LogP contribution in [0.3, 0.4) is 0 Å². The molecule has 7 heteroatoms. The number of rotatable bonds is 6. The van der Waals surface area contributed by atoms with Gasteiger partial charge in [0.15, 0.2) is 0 Å². The first kappa shape index (κ1) is 12.5. The summed E-state index contributed by atoms with van der Waals surface area (Å²) in [4.78, 5) is 2.49. The van der Waals surface area contributed by atoms with Gasteiger partial charge >= 0.3 is 0 Å². The van der Waals surface area contributed by atoms with Gasteiger partial charge in [0.05, 0.1) is 13.2 Å². The van der Waals surface area contributed by atoms with Crippen LogP contribution in [0.25, 0.3) is 10.4 Å². The molecule has 0 aliphatic rings. The predicted octanol–water partition coefficient (Wildman–Crippen LogP) is 1.84. The lowest BCUT2D eigenvalue weighted by atomic mass is 10.2. The highest BCUT2D eigenvalue weighted by Crippen LogP contribution is 2.06. The molecule has 0 aliphatic carbocycles. The molecule has 0 radical (unpaired) electrons. The van der Waals surface area contributed by atoms with Crippen LogP contribution in [0.1, 0.15) is 5.56 Å². The summed E-state index contributed by atoms with van der Waals surface area (Å²) in [6, 6.07) is 8.72. The second-order valence-electron chi connectivity index (χ2n) is 2.96. The minimum absolute atomic E-state index is 0.00448. The van der Waals surface area contributed by atoms with E-state index in [1.165, 1.54) is 0 Å². The number of hydrogen-bond acceptors (Lipinski definition) is 4. The zero-order valence-corrected chi connectivity index (χ0v) is 9.30. The van der Waals surface area contributed by atoms with Crippen molar-refractivity contribution in [2.45, 2.75) is 5.75 Å². The summed E-state index contributed by atoms with van der Waals surface area (Å²) in [5, 5.41) is 3.17. The maximum atomic E-state index is 11.4. The van der Waals surface area contributed by atoms with Crippen LogP contribution in [-0.4, -0.2) is 21.6 Å². The van der Waals surface area contributed by atoms with Gasteiger partial charge in [0, 0.05) is 4.91 Å². The molecule has 0 heterocycles. The summed E-state index contributed by atoms with van der Waals surface area (Å²) < 4.78 is 27.5. The van der Waals surface area contributed by atoms with E-state index >= 15 is 0 Å². The molecular weight excluding hydrogens is 230 g/mol. The van der Waals surface area contributed by atoms with Gasteiger partial charge in [-0.2, -0.15) is 8.42 Å². The lowest BCUT2D eigenvalue weighted by molar-refractivity contribution is 0.327. The van der Waals surface area contributed by atoms with Crippen LogP contribution >= 0.6 is 0 Å². The molecule has 0 aliphatic heterocycles. The average molecular weight is 241 g/mol. The van der Waals surface area contributed by atoms with Gasteiger partial charge < -0.3 is 0 Å². The van der Waals surface area contributed by atoms with E-state index in [0.717, 1.165) is 0 Å². The molecule has 86 valence electrons. The normalized spacial score (nSPS) is 10.8. The third-order valence-electron chi connectivity index (χ3n) is 1.70. The minimum atomic E-state index is -3.60. The van der Waals surface area contributed by atoms with Crippen molar-refractivity contribution in [1.29, 1.82) is 0 Å². The minimum Gasteiger partial charge on any atom is -0.270 e. The summed E-state index contributed by atoms with van der Waals surface area (Å²) >= 11 is 0. The van der Waals surface area contributed by atoms with Crippen molar-refractivity contribution < 1.29 is 12.6 Å². The van der Waals surface area contributed by atoms with Crippen LogP contribution in [-0.2, 0) is 20.1 Å². The molecular formula is C9H11N3O3S. The van der Waals surface area contributed by atoms with Crippen LogP contribution in [0.4, 0.5) is 0 Å². The van der Waals surface area contributed by atoms with E-state index in [0.29, 0.717) is 5.56 Å². The summed E-state index contributed by atoms with van der Waals surface area (Å²) in [7, 11) is -3.60. The second-order valence-corrected chi connectivity index (χ2v) is 4.60. The molecule has 6 nitrogen and oxygen atoms in total. The maximum absolute atomic E-state index is 11.4. The molecule has 0 spiro atoms. The number of hydrogen-bond donors (Lipinski definition) is 0. The van der Waals surface area contributed by atoms with Crippen LogP contribution in [0.5, 0.6) is 0 Å². The van der Waals surface area contributed by atoms with Gasteiger partial charge in [-0.25, -0.2) is 0 Å². The monoisotopic (exact) mass is 241 g/mol. The molecule has 1 rings (SSSR count). The summed E-state index contributed by atoms with van der Waals surface area (Å²) in [6.45, 7) is -0.121. The van der Waals surface area contributed by atoms with Crippen molar-refractivity contribution in [2.24, 2.45) is 5.11 Å². The van der Waals surface area contributed by atoms with Gasteiger partial charge in [0.2, 0.25) is 0 Å². The van der Waals surface area contributed by atoms with Crippen molar-refractivity contribution in [1.82, 2.24) is 0 Å². The standard InChI is InChI=1S/C9H11N3O3S/c10-12-11-6-7-15-16(13,14)8-9-4-2-1-3-5-9/h1-5H,6-8H2. The fraction of sp³-hybridized carbons (Fsp3) is 0.333.